The Hall–Kier alpha value is -1.82. The molecule has 1 aromatic carbocycles. The van der Waals surface area contributed by atoms with Crippen LogP contribution in [0.15, 0.2) is 24.3 Å². The van der Waals surface area contributed by atoms with Crippen molar-refractivity contribution in [2.45, 2.75) is 26.2 Å². The van der Waals surface area contributed by atoms with E-state index in [-0.39, 0.29) is 10.4 Å². The lowest BCUT2D eigenvalue weighted by Crippen LogP contribution is -1.98. The van der Waals surface area contributed by atoms with Crippen molar-refractivity contribution in [2.24, 2.45) is 0 Å². The molecule has 1 aromatic heterocycles. The largest absolute Gasteiger partial charge is 0.477 e. The summed E-state index contributed by atoms with van der Waals surface area (Å²) in [5.41, 5.74) is 1.15. The molecule has 0 saturated carbocycles. The van der Waals surface area contributed by atoms with E-state index < -0.39 is 12.4 Å². The lowest BCUT2D eigenvalue weighted by Gasteiger charge is -2.00. The average Bonchev–Trinajstić information content (AvgIpc) is 2.83. The molecule has 1 heterocycles. The molecule has 0 fully saturated rings. The summed E-state index contributed by atoms with van der Waals surface area (Å²) in [5.74, 6) is -0.999. The van der Waals surface area contributed by atoms with Crippen LogP contribution in [0.1, 0.15) is 40.7 Å². The van der Waals surface area contributed by atoms with Gasteiger partial charge in [-0.15, -0.1) is 11.3 Å². The third kappa shape index (κ3) is 3.01. The summed E-state index contributed by atoms with van der Waals surface area (Å²) in [6, 6.07) is 5.76. The number of carboxylic acids is 1. The van der Waals surface area contributed by atoms with Gasteiger partial charge in [0.1, 0.15) is 9.88 Å². The molecule has 0 bridgehead atoms. The summed E-state index contributed by atoms with van der Waals surface area (Å²) in [4.78, 5) is 15.7. The molecule has 1 N–H and O–H groups in total. The lowest BCUT2D eigenvalue weighted by atomic mass is 10.1. The quantitative estimate of drug-likeness (QED) is 0.890. The molecule has 0 atom stereocenters. The van der Waals surface area contributed by atoms with Crippen molar-refractivity contribution >= 4 is 17.3 Å². The maximum Gasteiger partial charge on any atom is 0.347 e. The first-order chi connectivity index (χ1) is 9.52. The van der Waals surface area contributed by atoms with Crippen LogP contribution in [0.25, 0.3) is 10.6 Å². The van der Waals surface area contributed by atoms with Gasteiger partial charge >= 0.3 is 5.97 Å². The van der Waals surface area contributed by atoms with Crippen molar-refractivity contribution in [1.29, 1.82) is 0 Å². The van der Waals surface area contributed by atoms with E-state index in [1.807, 2.05) is 6.92 Å². The fourth-order valence-corrected chi connectivity index (χ4v) is 2.78. The highest BCUT2D eigenvalue weighted by atomic mass is 32.1. The number of aromatic carboxylic acids is 1. The number of nitrogens with zero attached hydrogens (tertiary/aromatic N) is 1. The van der Waals surface area contributed by atoms with Gasteiger partial charge < -0.3 is 5.11 Å². The Labute approximate surface area is 118 Å². The second-order valence-corrected chi connectivity index (χ2v) is 5.27. The molecule has 2 rings (SSSR count). The van der Waals surface area contributed by atoms with Crippen LogP contribution in [0.5, 0.6) is 0 Å². The molecule has 0 aliphatic rings. The predicted molar refractivity (Wildman–Crippen MR) is 73.5 cm³/mol. The van der Waals surface area contributed by atoms with Gasteiger partial charge in [-0.1, -0.05) is 37.6 Å². The molecule has 0 amide bonds. The fourth-order valence-electron chi connectivity index (χ4n) is 1.82. The minimum Gasteiger partial charge on any atom is -0.477 e. The molecule has 0 aliphatic heterocycles. The minimum atomic E-state index is -2.51. The van der Waals surface area contributed by atoms with Gasteiger partial charge in [-0.2, -0.15) is 0 Å². The van der Waals surface area contributed by atoms with E-state index in [0.717, 1.165) is 17.8 Å². The molecule has 0 radical (unpaired) electrons. The molecular formula is C14H13F2NO2S. The van der Waals surface area contributed by atoms with Crippen LogP contribution >= 0.6 is 11.3 Å². The van der Waals surface area contributed by atoms with Crippen molar-refractivity contribution in [3.8, 4) is 10.6 Å². The van der Waals surface area contributed by atoms with Crippen LogP contribution in [0.3, 0.4) is 0 Å². The Bertz CT molecular complexity index is 608. The van der Waals surface area contributed by atoms with Gasteiger partial charge in [-0.25, -0.2) is 18.6 Å². The molecule has 6 heteroatoms. The Morgan fingerprint density at radius 3 is 2.50 bits per heavy atom. The van der Waals surface area contributed by atoms with Crippen LogP contribution < -0.4 is 0 Å². The van der Waals surface area contributed by atoms with Crippen LogP contribution in [0, 0.1) is 0 Å². The Morgan fingerprint density at radius 2 is 2.00 bits per heavy atom. The number of halogens is 2. The Morgan fingerprint density at radius 1 is 1.35 bits per heavy atom. The van der Waals surface area contributed by atoms with Crippen LogP contribution in [-0.2, 0) is 6.42 Å². The van der Waals surface area contributed by atoms with Crippen molar-refractivity contribution in [2.75, 3.05) is 0 Å². The zero-order chi connectivity index (χ0) is 14.7. The monoisotopic (exact) mass is 297 g/mol. The number of aryl methyl sites for hydroxylation is 1. The number of alkyl halides is 2. The van der Waals surface area contributed by atoms with Crippen molar-refractivity contribution in [3.63, 3.8) is 0 Å². The highest BCUT2D eigenvalue weighted by molar-refractivity contribution is 7.17. The maximum atomic E-state index is 12.5. The fraction of sp³-hybridized carbons (Fsp3) is 0.286. The van der Waals surface area contributed by atoms with Crippen LogP contribution in [0.4, 0.5) is 8.78 Å². The number of carbonyl (C=O) groups is 1. The standard InChI is InChI=1S/C14H13F2NO2S/c1-2-3-10-11(14(18)19)20-13(17-10)9-6-4-8(5-7-9)12(15)16/h4-7,12H,2-3H2,1H3,(H,18,19). The third-order valence-electron chi connectivity index (χ3n) is 2.79. The number of carboxylic acid groups (broad SMARTS) is 1. The normalized spacial score (nSPS) is 11.0. The maximum absolute atomic E-state index is 12.5. The summed E-state index contributed by atoms with van der Waals surface area (Å²) in [6.07, 6.45) is -1.12. The van der Waals surface area contributed by atoms with Crippen molar-refractivity contribution < 1.29 is 18.7 Å². The molecule has 0 spiro atoms. The number of aromatic nitrogens is 1. The first-order valence-electron chi connectivity index (χ1n) is 6.14. The summed E-state index contributed by atoms with van der Waals surface area (Å²) < 4.78 is 25.0. The van der Waals surface area contributed by atoms with Crippen molar-refractivity contribution in [1.82, 2.24) is 4.98 Å². The van der Waals surface area contributed by atoms with E-state index in [0.29, 0.717) is 22.7 Å². The third-order valence-corrected chi connectivity index (χ3v) is 3.92. The molecule has 2 aromatic rings. The molecule has 106 valence electrons. The van der Waals surface area contributed by atoms with E-state index in [1.54, 1.807) is 12.1 Å². The van der Waals surface area contributed by atoms with E-state index in [1.165, 1.54) is 12.1 Å². The van der Waals surface area contributed by atoms with Crippen LogP contribution in [0.2, 0.25) is 0 Å². The molecule has 20 heavy (non-hydrogen) atoms. The number of rotatable bonds is 5. The summed E-state index contributed by atoms with van der Waals surface area (Å²) in [7, 11) is 0. The van der Waals surface area contributed by atoms with Gasteiger partial charge in [-0.3, -0.25) is 0 Å². The van der Waals surface area contributed by atoms with E-state index in [9.17, 15) is 13.6 Å². The van der Waals surface area contributed by atoms with Crippen LogP contribution in [-0.4, -0.2) is 16.1 Å². The zero-order valence-electron chi connectivity index (χ0n) is 10.8. The van der Waals surface area contributed by atoms with Crippen molar-refractivity contribution in [3.05, 3.63) is 40.4 Å². The van der Waals surface area contributed by atoms with E-state index in [2.05, 4.69) is 4.98 Å². The molecule has 0 saturated heterocycles. The number of hydrogen-bond acceptors (Lipinski definition) is 3. The predicted octanol–water partition coefficient (Wildman–Crippen LogP) is 4.40. The van der Waals surface area contributed by atoms with E-state index >= 15 is 0 Å². The van der Waals surface area contributed by atoms with Gasteiger partial charge in [0, 0.05) is 11.1 Å². The molecule has 0 unspecified atom stereocenters. The summed E-state index contributed by atoms with van der Waals surface area (Å²) >= 11 is 1.08. The molecular weight excluding hydrogens is 284 g/mol. The SMILES string of the molecule is CCCc1nc(-c2ccc(C(F)F)cc2)sc1C(=O)O. The second kappa shape index (κ2) is 6.09. The highest BCUT2D eigenvalue weighted by Crippen LogP contribution is 2.30. The van der Waals surface area contributed by atoms with Gasteiger partial charge in [0.25, 0.3) is 6.43 Å². The second-order valence-electron chi connectivity index (χ2n) is 4.27. The molecule has 0 aliphatic carbocycles. The zero-order valence-corrected chi connectivity index (χ0v) is 11.6. The van der Waals surface area contributed by atoms with E-state index in [4.69, 9.17) is 5.11 Å². The number of thiazole rings is 1. The smallest absolute Gasteiger partial charge is 0.347 e. The first kappa shape index (κ1) is 14.6. The topological polar surface area (TPSA) is 50.2 Å². The Kier molecular flexibility index (Phi) is 4.44. The first-order valence-corrected chi connectivity index (χ1v) is 6.96. The highest BCUT2D eigenvalue weighted by Gasteiger charge is 2.17. The summed E-state index contributed by atoms with van der Waals surface area (Å²) in [6.45, 7) is 1.95. The number of hydrogen-bond donors (Lipinski definition) is 1. The lowest BCUT2D eigenvalue weighted by molar-refractivity contribution is 0.0700. The average molecular weight is 297 g/mol. The minimum absolute atomic E-state index is 0.0578. The van der Waals surface area contributed by atoms with Gasteiger partial charge in [0.05, 0.1) is 5.69 Å². The Balaban J connectivity index is 2.37. The van der Waals surface area contributed by atoms with Gasteiger partial charge in [0.15, 0.2) is 0 Å². The number of benzene rings is 1. The van der Waals surface area contributed by atoms with Gasteiger partial charge in [-0.05, 0) is 6.42 Å². The molecule has 3 nitrogen and oxygen atoms in total. The summed E-state index contributed by atoms with van der Waals surface area (Å²) in [5, 5.41) is 9.69. The van der Waals surface area contributed by atoms with Gasteiger partial charge in [0.2, 0.25) is 0 Å².